The summed E-state index contributed by atoms with van der Waals surface area (Å²) in [6.07, 6.45) is 0. The SMILES string of the molecule is COc1ccc(C(C)NCc2csc(C)n2)c(OC)c1. The van der Waals surface area contributed by atoms with Gasteiger partial charge in [-0.25, -0.2) is 4.98 Å². The number of methoxy groups -OCH3 is 2. The molecule has 0 saturated carbocycles. The van der Waals surface area contributed by atoms with Crippen LogP contribution in [0.2, 0.25) is 0 Å². The quantitative estimate of drug-likeness (QED) is 0.887. The van der Waals surface area contributed by atoms with Gasteiger partial charge < -0.3 is 14.8 Å². The zero-order chi connectivity index (χ0) is 14.5. The molecule has 0 aliphatic rings. The second-order valence-corrected chi connectivity index (χ2v) is 5.63. The van der Waals surface area contributed by atoms with E-state index in [4.69, 9.17) is 9.47 Å². The van der Waals surface area contributed by atoms with Crippen LogP contribution < -0.4 is 14.8 Å². The Bertz CT molecular complexity index is 569. The Kier molecular flexibility index (Phi) is 4.98. The first-order valence-corrected chi connectivity index (χ1v) is 7.38. The van der Waals surface area contributed by atoms with Gasteiger partial charge in [0.05, 0.1) is 24.9 Å². The maximum Gasteiger partial charge on any atom is 0.127 e. The van der Waals surface area contributed by atoms with Gasteiger partial charge in [-0.2, -0.15) is 0 Å². The summed E-state index contributed by atoms with van der Waals surface area (Å²) in [5, 5.41) is 6.64. The van der Waals surface area contributed by atoms with Crippen LogP contribution in [0.3, 0.4) is 0 Å². The molecule has 1 heterocycles. The van der Waals surface area contributed by atoms with E-state index >= 15 is 0 Å². The third-order valence-corrected chi connectivity index (χ3v) is 3.99. The molecule has 4 nitrogen and oxygen atoms in total. The minimum atomic E-state index is 0.179. The number of aromatic nitrogens is 1. The molecule has 0 aliphatic heterocycles. The van der Waals surface area contributed by atoms with Gasteiger partial charge in [-0.3, -0.25) is 0 Å². The second kappa shape index (κ2) is 6.72. The van der Waals surface area contributed by atoms with Gasteiger partial charge in [-0.1, -0.05) is 6.07 Å². The number of aryl methyl sites for hydroxylation is 1. The lowest BCUT2D eigenvalue weighted by Crippen LogP contribution is -2.19. The van der Waals surface area contributed by atoms with Gasteiger partial charge in [0, 0.05) is 29.6 Å². The monoisotopic (exact) mass is 292 g/mol. The smallest absolute Gasteiger partial charge is 0.127 e. The van der Waals surface area contributed by atoms with Crippen LogP contribution in [0.25, 0.3) is 0 Å². The molecule has 1 aromatic carbocycles. The fourth-order valence-corrected chi connectivity index (χ4v) is 2.65. The first-order valence-electron chi connectivity index (χ1n) is 6.50. The summed E-state index contributed by atoms with van der Waals surface area (Å²) in [6, 6.07) is 6.06. The molecule has 0 bridgehead atoms. The van der Waals surface area contributed by atoms with Crippen LogP contribution in [0.1, 0.15) is 29.2 Å². The standard InChI is InChI=1S/C15H20N2O2S/c1-10(16-8-12-9-20-11(2)17-12)14-6-5-13(18-3)7-15(14)19-4/h5-7,9-10,16H,8H2,1-4H3. The molecule has 1 aromatic heterocycles. The summed E-state index contributed by atoms with van der Waals surface area (Å²) < 4.78 is 10.6. The van der Waals surface area contributed by atoms with Gasteiger partial charge in [-0.15, -0.1) is 11.3 Å². The average Bonchev–Trinajstić information content (AvgIpc) is 2.89. The molecule has 0 fully saturated rings. The van der Waals surface area contributed by atoms with Crippen molar-refractivity contribution in [1.82, 2.24) is 10.3 Å². The first-order chi connectivity index (χ1) is 9.63. The van der Waals surface area contributed by atoms with Crippen molar-refractivity contribution in [3.63, 3.8) is 0 Å². The van der Waals surface area contributed by atoms with Gasteiger partial charge in [0.15, 0.2) is 0 Å². The van der Waals surface area contributed by atoms with E-state index in [0.717, 1.165) is 34.3 Å². The molecule has 2 aromatic rings. The van der Waals surface area contributed by atoms with Crippen LogP contribution in [-0.4, -0.2) is 19.2 Å². The number of hydrogen-bond donors (Lipinski definition) is 1. The van der Waals surface area contributed by atoms with Crippen LogP contribution >= 0.6 is 11.3 Å². The van der Waals surface area contributed by atoms with E-state index < -0.39 is 0 Å². The molecule has 20 heavy (non-hydrogen) atoms. The molecule has 0 radical (unpaired) electrons. The maximum absolute atomic E-state index is 5.43. The number of nitrogens with one attached hydrogen (secondary N) is 1. The molecule has 0 spiro atoms. The largest absolute Gasteiger partial charge is 0.497 e. The molecule has 2 rings (SSSR count). The summed E-state index contributed by atoms with van der Waals surface area (Å²) in [5.41, 5.74) is 2.19. The minimum absolute atomic E-state index is 0.179. The van der Waals surface area contributed by atoms with Crippen LogP contribution in [0, 0.1) is 6.92 Å². The first kappa shape index (κ1) is 14.8. The van der Waals surface area contributed by atoms with Crippen molar-refractivity contribution in [1.29, 1.82) is 0 Å². The lowest BCUT2D eigenvalue weighted by atomic mass is 10.1. The van der Waals surface area contributed by atoms with Crippen molar-refractivity contribution in [2.45, 2.75) is 26.4 Å². The third-order valence-electron chi connectivity index (χ3n) is 3.16. The number of thiazole rings is 1. The van der Waals surface area contributed by atoms with E-state index in [1.807, 2.05) is 25.1 Å². The van der Waals surface area contributed by atoms with Gasteiger partial charge in [0.2, 0.25) is 0 Å². The molecular weight excluding hydrogens is 272 g/mol. The number of ether oxygens (including phenoxy) is 2. The van der Waals surface area contributed by atoms with E-state index in [0.29, 0.717) is 0 Å². The number of rotatable bonds is 6. The van der Waals surface area contributed by atoms with Crippen molar-refractivity contribution in [2.75, 3.05) is 14.2 Å². The summed E-state index contributed by atoms with van der Waals surface area (Å²) in [5.74, 6) is 1.63. The van der Waals surface area contributed by atoms with E-state index in [9.17, 15) is 0 Å². The fourth-order valence-electron chi connectivity index (χ4n) is 2.03. The highest BCUT2D eigenvalue weighted by Gasteiger charge is 2.12. The highest BCUT2D eigenvalue weighted by molar-refractivity contribution is 7.09. The summed E-state index contributed by atoms with van der Waals surface area (Å²) in [4.78, 5) is 4.45. The topological polar surface area (TPSA) is 43.4 Å². The summed E-state index contributed by atoms with van der Waals surface area (Å²) >= 11 is 1.67. The lowest BCUT2D eigenvalue weighted by molar-refractivity contribution is 0.385. The van der Waals surface area contributed by atoms with Crippen molar-refractivity contribution in [2.24, 2.45) is 0 Å². The Labute approximate surface area is 123 Å². The van der Waals surface area contributed by atoms with Crippen LogP contribution in [0.5, 0.6) is 11.5 Å². The molecule has 0 aliphatic carbocycles. The molecule has 108 valence electrons. The minimum Gasteiger partial charge on any atom is -0.497 e. The Morgan fingerprint density at radius 1 is 1.30 bits per heavy atom. The molecule has 1 N–H and O–H groups in total. The number of benzene rings is 1. The predicted molar refractivity (Wildman–Crippen MR) is 81.7 cm³/mol. The zero-order valence-electron chi connectivity index (χ0n) is 12.3. The lowest BCUT2D eigenvalue weighted by Gasteiger charge is -2.17. The van der Waals surface area contributed by atoms with Gasteiger partial charge in [-0.05, 0) is 19.9 Å². The van der Waals surface area contributed by atoms with E-state index in [2.05, 4.69) is 22.6 Å². The molecule has 1 atom stereocenters. The van der Waals surface area contributed by atoms with Crippen LogP contribution in [-0.2, 0) is 6.54 Å². The molecule has 1 unspecified atom stereocenters. The Hall–Kier alpha value is -1.59. The maximum atomic E-state index is 5.43. The van der Waals surface area contributed by atoms with Gasteiger partial charge in [0.1, 0.15) is 11.5 Å². The van der Waals surface area contributed by atoms with Crippen molar-refractivity contribution in [3.05, 3.63) is 39.8 Å². The number of nitrogens with zero attached hydrogens (tertiary/aromatic N) is 1. The predicted octanol–water partition coefficient (Wildman–Crippen LogP) is 3.32. The fraction of sp³-hybridized carbons (Fsp3) is 0.400. The Balaban J connectivity index is 2.06. The van der Waals surface area contributed by atoms with E-state index in [1.165, 1.54) is 0 Å². The Morgan fingerprint density at radius 2 is 2.10 bits per heavy atom. The number of hydrogen-bond acceptors (Lipinski definition) is 5. The zero-order valence-corrected chi connectivity index (χ0v) is 13.1. The average molecular weight is 292 g/mol. The van der Waals surface area contributed by atoms with Crippen LogP contribution in [0.15, 0.2) is 23.6 Å². The highest BCUT2D eigenvalue weighted by atomic mass is 32.1. The van der Waals surface area contributed by atoms with E-state index in [1.54, 1.807) is 25.6 Å². The normalized spacial score (nSPS) is 12.2. The second-order valence-electron chi connectivity index (χ2n) is 4.57. The van der Waals surface area contributed by atoms with Gasteiger partial charge >= 0.3 is 0 Å². The van der Waals surface area contributed by atoms with E-state index in [-0.39, 0.29) is 6.04 Å². The molecular formula is C15H20N2O2S. The van der Waals surface area contributed by atoms with Crippen LogP contribution in [0.4, 0.5) is 0 Å². The third kappa shape index (κ3) is 3.49. The Morgan fingerprint density at radius 3 is 2.70 bits per heavy atom. The van der Waals surface area contributed by atoms with Crippen molar-refractivity contribution >= 4 is 11.3 Å². The highest BCUT2D eigenvalue weighted by Crippen LogP contribution is 2.29. The van der Waals surface area contributed by atoms with Gasteiger partial charge in [0.25, 0.3) is 0 Å². The molecule has 0 saturated heterocycles. The van der Waals surface area contributed by atoms with Crippen molar-refractivity contribution < 1.29 is 9.47 Å². The summed E-state index contributed by atoms with van der Waals surface area (Å²) in [7, 11) is 3.33. The molecule has 0 amide bonds. The van der Waals surface area contributed by atoms with Crippen molar-refractivity contribution in [3.8, 4) is 11.5 Å². The summed E-state index contributed by atoms with van der Waals surface area (Å²) in [6.45, 7) is 4.88. The molecule has 5 heteroatoms.